The van der Waals surface area contributed by atoms with Crippen molar-refractivity contribution in [3.05, 3.63) is 24.3 Å². The van der Waals surface area contributed by atoms with E-state index in [0.29, 0.717) is 6.54 Å². The number of likely N-dealkylation sites (N-methyl/N-ethyl adjacent to an activating group) is 1. The molecule has 0 aromatic heterocycles. The first kappa shape index (κ1) is 9.40. The maximum Gasteiger partial charge on any atom is 0.0162 e. The molecule has 0 aliphatic rings. The molecule has 0 radical (unpaired) electrons. The second-order valence-corrected chi connectivity index (χ2v) is 2.41. The van der Waals surface area contributed by atoms with E-state index in [-0.39, 0.29) is 0 Å². The van der Waals surface area contributed by atoms with Crippen molar-refractivity contribution in [1.29, 1.82) is 0 Å². The van der Waals surface area contributed by atoms with Gasteiger partial charge in [-0.15, -0.1) is 0 Å². The number of rotatable bonds is 5. The molecule has 0 unspecified atom stereocenters. The van der Waals surface area contributed by atoms with Gasteiger partial charge in [0.05, 0.1) is 0 Å². The van der Waals surface area contributed by atoms with Crippen LogP contribution in [0.15, 0.2) is 24.3 Å². The van der Waals surface area contributed by atoms with E-state index >= 15 is 0 Å². The monoisotopic (exact) mass is 140 g/mol. The van der Waals surface area contributed by atoms with Crippen molar-refractivity contribution in [3.63, 3.8) is 0 Å². The second kappa shape index (κ2) is 5.21. The number of hydrogen-bond acceptors (Lipinski definition) is 2. The summed E-state index contributed by atoms with van der Waals surface area (Å²) in [6, 6.07) is 0. The molecule has 0 aromatic carbocycles. The minimum absolute atomic E-state index is 0.558. The van der Waals surface area contributed by atoms with E-state index in [1.54, 1.807) is 0 Å². The molecule has 0 heterocycles. The van der Waals surface area contributed by atoms with Gasteiger partial charge in [-0.25, -0.2) is 0 Å². The molecule has 0 saturated carbocycles. The minimum Gasteiger partial charge on any atom is -0.327 e. The summed E-state index contributed by atoms with van der Waals surface area (Å²) >= 11 is 0. The van der Waals surface area contributed by atoms with Gasteiger partial charge in [0.25, 0.3) is 0 Å². The second-order valence-electron chi connectivity index (χ2n) is 2.41. The van der Waals surface area contributed by atoms with Gasteiger partial charge in [0.15, 0.2) is 0 Å². The predicted octanol–water partition coefficient (Wildman–Crippen LogP) is 0.667. The third-order valence-electron chi connectivity index (χ3n) is 1.22. The molecule has 0 aromatic rings. The highest BCUT2D eigenvalue weighted by atomic mass is 14.8. The standard InChI is InChI=1S/C8H16N2/c1-7(5-9)4-8(2)6-10-3/h10H,1-2,4-6,9H2,3H3. The Kier molecular flexibility index (Phi) is 4.89. The Balaban J connectivity index is 3.47. The molecule has 0 spiro atoms. The van der Waals surface area contributed by atoms with Crippen LogP contribution in [0.25, 0.3) is 0 Å². The summed E-state index contributed by atoms with van der Waals surface area (Å²) in [6.07, 6.45) is 0.845. The lowest BCUT2D eigenvalue weighted by Gasteiger charge is -2.04. The van der Waals surface area contributed by atoms with Crippen LogP contribution in [-0.2, 0) is 0 Å². The van der Waals surface area contributed by atoms with Crippen LogP contribution in [0.1, 0.15) is 6.42 Å². The first-order chi connectivity index (χ1) is 4.70. The quantitative estimate of drug-likeness (QED) is 0.551. The van der Waals surface area contributed by atoms with Gasteiger partial charge in [-0.3, -0.25) is 0 Å². The summed E-state index contributed by atoms with van der Waals surface area (Å²) in [5.41, 5.74) is 7.53. The average Bonchev–Trinajstić information content (AvgIpc) is 1.88. The molecular formula is C8H16N2. The van der Waals surface area contributed by atoms with Crippen LogP contribution in [0.3, 0.4) is 0 Å². The maximum atomic E-state index is 5.36. The van der Waals surface area contributed by atoms with Crippen molar-refractivity contribution < 1.29 is 0 Å². The van der Waals surface area contributed by atoms with Gasteiger partial charge in [0.2, 0.25) is 0 Å². The molecule has 0 atom stereocenters. The average molecular weight is 140 g/mol. The van der Waals surface area contributed by atoms with Gasteiger partial charge in [-0.05, 0) is 13.5 Å². The number of nitrogens with one attached hydrogen (secondary N) is 1. The highest BCUT2D eigenvalue weighted by Crippen LogP contribution is 2.03. The van der Waals surface area contributed by atoms with Gasteiger partial charge in [-0.1, -0.05) is 24.3 Å². The molecule has 0 aliphatic carbocycles. The summed E-state index contributed by atoms with van der Waals surface area (Å²) in [5.74, 6) is 0. The Hall–Kier alpha value is -0.600. The van der Waals surface area contributed by atoms with Crippen LogP contribution in [-0.4, -0.2) is 20.1 Å². The summed E-state index contributed by atoms with van der Waals surface area (Å²) in [7, 11) is 1.90. The molecule has 2 heteroatoms. The van der Waals surface area contributed by atoms with E-state index in [2.05, 4.69) is 18.5 Å². The summed E-state index contributed by atoms with van der Waals surface area (Å²) in [5, 5.41) is 3.02. The van der Waals surface area contributed by atoms with Gasteiger partial charge in [-0.2, -0.15) is 0 Å². The largest absolute Gasteiger partial charge is 0.327 e. The van der Waals surface area contributed by atoms with Crippen LogP contribution < -0.4 is 11.1 Å². The molecule has 0 rings (SSSR count). The third-order valence-corrected chi connectivity index (χ3v) is 1.22. The van der Waals surface area contributed by atoms with Crippen LogP contribution in [0.4, 0.5) is 0 Å². The van der Waals surface area contributed by atoms with Gasteiger partial charge < -0.3 is 11.1 Å². The Morgan fingerprint density at radius 3 is 2.40 bits per heavy atom. The van der Waals surface area contributed by atoms with E-state index in [1.165, 1.54) is 0 Å². The first-order valence-corrected chi connectivity index (χ1v) is 3.38. The van der Waals surface area contributed by atoms with Gasteiger partial charge in [0.1, 0.15) is 0 Å². The van der Waals surface area contributed by atoms with E-state index in [9.17, 15) is 0 Å². The van der Waals surface area contributed by atoms with Crippen molar-refractivity contribution >= 4 is 0 Å². The fraction of sp³-hybridized carbons (Fsp3) is 0.500. The van der Waals surface area contributed by atoms with Crippen LogP contribution in [0.2, 0.25) is 0 Å². The zero-order chi connectivity index (χ0) is 7.98. The summed E-state index contributed by atoms with van der Waals surface area (Å²) in [4.78, 5) is 0. The molecule has 0 bridgehead atoms. The molecule has 58 valence electrons. The molecule has 0 saturated heterocycles. The molecule has 0 aliphatic heterocycles. The lowest BCUT2D eigenvalue weighted by atomic mass is 10.1. The Labute approximate surface area is 62.8 Å². The van der Waals surface area contributed by atoms with Crippen molar-refractivity contribution in [2.45, 2.75) is 6.42 Å². The zero-order valence-electron chi connectivity index (χ0n) is 6.61. The summed E-state index contributed by atoms with van der Waals surface area (Å²) < 4.78 is 0. The van der Waals surface area contributed by atoms with Gasteiger partial charge in [0, 0.05) is 13.1 Å². The fourth-order valence-electron chi connectivity index (χ4n) is 0.738. The van der Waals surface area contributed by atoms with Crippen molar-refractivity contribution in [2.24, 2.45) is 5.73 Å². The summed E-state index contributed by atoms with van der Waals surface area (Å²) in [6.45, 7) is 9.04. The van der Waals surface area contributed by atoms with E-state index in [1.807, 2.05) is 7.05 Å². The van der Waals surface area contributed by atoms with E-state index in [0.717, 1.165) is 24.1 Å². The zero-order valence-corrected chi connectivity index (χ0v) is 6.61. The third kappa shape index (κ3) is 4.30. The molecule has 10 heavy (non-hydrogen) atoms. The van der Waals surface area contributed by atoms with Gasteiger partial charge >= 0.3 is 0 Å². The topological polar surface area (TPSA) is 38.0 Å². The minimum atomic E-state index is 0.558. The molecule has 0 fully saturated rings. The van der Waals surface area contributed by atoms with Crippen LogP contribution in [0, 0.1) is 0 Å². The smallest absolute Gasteiger partial charge is 0.0162 e. The van der Waals surface area contributed by atoms with Crippen LogP contribution in [0.5, 0.6) is 0 Å². The number of nitrogens with two attached hydrogens (primary N) is 1. The predicted molar refractivity (Wildman–Crippen MR) is 45.9 cm³/mol. The highest BCUT2D eigenvalue weighted by molar-refractivity contribution is 5.11. The lowest BCUT2D eigenvalue weighted by Crippen LogP contribution is -2.11. The maximum absolute atomic E-state index is 5.36. The molecule has 3 N–H and O–H groups in total. The lowest BCUT2D eigenvalue weighted by molar-refractivity contribution is 0.848. The SMILES string of the molecule is C=C(CN)CC(=C)CNC. The van der Waals surface area contributed by atoms with Crippen LogP contribution >= 0.6 is 0 Å². The van der Waals surface area contributed by atoms with E-state index < -0.39 is 0 Å². The Morgan fingerprint density at radius 1 is 1.40 bits per heavy atom. The Morgan fingerprint density at radius 2 is 2.00 bits per heavy atom. The van der Waals surface area contributed by atoms with Crippen molar-refractivity contribution in [2.75, 3.05) is 20.1 Å². The molecule has 2 nitrogen and oxygen atoms in total. The number of hydrogen-bond donors (Lipinski definition) is 2. The fourth-order valence-corrected chi connectivity index (χ4v) is 0.738. The van der Waals surface area contributed by atoms with E-state index in [4.69, 9.17) is 5.73 Å². The molecule has 0 amide bonds. The first-order valence-electron chi connectivity index (χ1n) is 3.38. The van der Waals surface area contributed by atoms with Crippen molar-refractivity contribution in [3.8, 4) is 0 Å². The highest BCUT2D eigenvalue weighted by Gasteiger charge is 1.94. The van der Waals surface area contributed by atoms with Crippen molar-refractivity contribution in [1.82, 2.24) is 5.32 Å². The molecular weight excluding hydrogens is 124 g/mol. The normalized spacial score (nSPS) is 9.40. The Bertz CT molecular complexity index is 127.